The van der Waals surface area contributed by atoms with E-state index in [9.17, 15) is 14.7 Å². The molecule has 104 valence electrons. The van der Waals surface area contributed by atoms with Gasteiger partial charge in [0.25, 0.3) is 0 Å². The molecule has 0 aliphatic carbocycles. The van der Waals surface area contributed by atoms with Crippen LogP contribution in [0.25, 0.3) is 0 Å². The molecule has 0 spiro atoms. The first-order valence-corrected chi connectivity index (χ1v) is 5.37. The molecule has 0 heterocycles. The van der Waals surface area contributed by atoms with Gasteiger partial charge in [-0.15, -0.1) is 0 Å². The number of hydrogen-bond acceptors (Lipinski definition) is 7. The molecule has 1 N–H and O–H groups in total. The van der Waals surface area contributed by atoms with E-state index in [1.807, 2.05) is 0 Å². The van der Waals surface area contributed by atoms with Crippen molar-refractivity contribution in [3.8, 4) is 17.2 Å². The van der Waals surface area contributed by atoms with Crippen LogP contribution < -0.4 is 9.47 Å². The van der Waals surface area contributed by atoms with Crippen LogP contribution >= 0.6 is 0 Å². The number of carbonyl (C=O) groups is 2. The Balaban J connectivity index is 3.00. The van der Waals surface area contributed by atoms with Crippen molar-refractivity contribution in [1.82, 2.24) is 0 Å². The van der Waals surface area contributed by atoms with Gasteiger partial charge in [-0.1, -0.05) is 0 Å². The first-order chi connectivity index (χ1) is 9.03. The molecule has 0 atom stereocenters. The third kappa shape index (κ3) is 3.51. The molecule has 0 saturated heterocycles. The van der Waals surface area contributed by atoms with Crippen LogP contribution in [0.2, 0.25) is 0 Å². The van der Waals surface area contributed by atoms with Gasteiger partial charge in [0.15, 0.2) is 11.5 Å². The highest BCUT2D eigenvalue weighted by molar-refractivity contribution is 5.96. The second-order valence-electron chi connectivity index (χ2n) is 3.30. The van der Waals surface area contributed by atoms with E-state index >= 15 is 0 Å². The van der Waals surface area contributed by atoms with Gasteiger partial charge in [0.2, 0.25) is 5.75 Å². The van der Waals surface area contributed by atoms with Gasteiger partial charge in [0, 0.05) is 0 Å². The Labute approximate surface area is 109 Å². The van der Waals surface area contributed by atoms with Gasteiger partial charge in [-0.05, 0) is 19.1 Å². The van der Waals surface area contributed by atoms with E-state index in [0.717, 1.165) is 0 Å². The highest BCUT2D eigenvalue weighted by Gasteiger charge is 2.19. The van der Waals surface area contributed by atoms with Crippen molar-refractivity contribution in [2.24, 2.45) is 0 Å². The summed E-state index contributed by atoms with van der Waals surface area (Å²) in [6.45, 7) is 1.67. The van der Waals surface area contributed by atoms with Crippen LogP contribution in [0, 0.1) is 0 Å². The van der Waals surface area contributed by atoms with Crippen LogP contribution in [0.1, 0.15) is 17.3 Å². The number of rotatable bonds is 4. The van der Waals surface area contributed by atoms with Crippen molar-refractivity contribution in [3.63, 3.8) is 0 Å². The SMILES string of the molecule is CCOC(=O)OC(=O)c1cc(OC)c(O)c(OC)c1. The van der Waals surface area contributed by atoms with E-state index < -0.39 is 12.1 Å². The summed E-state index contributed by atoms with van der Waals surface area (Å²) in [5.74, 6) is -1.14. The van der Waals surface area contributed by atoms with Gasteiger partial charge >= 0.3 is 12.1 Å². The molecular formula is C12H14O7. The number of phenolic OH excluding ortho intramolecular Hbond substituents is 1. The number of hydrogen-bond donors (Lipinski definition) is 1. The van der Waals surface area contributed by atoms with Gasteiger partial charge in [-0.2, -0.15) is 0 Å². The Kier molecular flexibility index (Phi) is 4.99. The van der Waals surface area contributed by atoms with Crippen LogP contribution in [0.4, 0.5) is 4.79 Å². The van der Waals surface area contributed by atoms with Crippen LogP contribution in [-0.2, 0) is 9.47 Å². The van der Waals surface area contributed by atoms with Crippen LogP contribution in [0.15, 0.2) is 12.1 Å². The van der Waals surface area contributed by atoms with E-state index in [-0.39, 0.29) is 29.4 Å². The summed E-state index contributed by atoms with van der Waals surface area (Å²) in [7, 11) is 2.63. The molecule has 7 heteroatoms. The predicted molar refractivity (Wildman–Crippen MR) is 63.6 cm³/mol. The van der Waals surface area contributed by atoms with Crippen molar-refractivity contribution in [3.05, 3.63) is 17.7 Å². The molecule has 1 rings (SSSR count). The predicted octanol–water partition coefficient (Wildman–Crippen LogP) is 1.72. The Hall–Kier alpha value is -2.44. The topological polar surface area (TPSA) is 91.3 Å². The minimum absolute atomic E-state index is 0.0143. The van der Waals surface area contributed by atoms with E-state index in [2.05, 4.69) is 9.47 Å². The summed E-state index contributed by atoms with van der Waals surface area (Å²) in [6.07, 6.45) is -1.10. The number of ether oxygens (including phenoxy) is 4. The van der Waals surface area contributed by atoms with Gasteiger partial charge in [0.1, 0.15) is 0 Å². The maximum Gasteiger partial charge on any atom is 0.516 e. The largest absolute Gasteiger partial charge is 0.516 e. The molecule has 0 aliphatic heterocycles. The second-order valence-corrected chi connectivity index (χ2v) is 3.30. The third-order valence-electron chi connectivity index (χ3n) is 2.15. The molecule has 0 saturated carbocycles. The van der Waals surface area contributed by atoms with E-state index in [1.54, 1.807) is 6.92 Å². The monoisotopic (exact) mass is 270 g/mol. The zero-order valence-electron chi connectivity index (χ0n) is 10.8. The normalized spacial score (nSPS) is 9.63. The summed E-state index contributed by atoms with van der Waals surface area (Å²) in [6, 6.07) is 2.44. The molecule has 0 aromatic heterocycles. The lowest BCUT2D eigenvalue weighted by atomic mass is 10.2. The van der Waals surface area contributed by atoms with Gasteiger partial charge in [-0.3, -0.25) is 0 Å². The maximum atomic E-state index is 11.7. The minimum Gasteiger partial charge on any atom is -0.502 e. The summed E-state index contributed by atoms with van der Waals surface area (Å²) in [5.41, 5.74) is -0.0143. The lowest BCUT2D eigenvalue weighted by Crippen LogP contribution is -2.14. The third-order valence-corrected chi connectivity index (χ3v) is 2.15. The molecule has 0 amide bonds. The fraction of sp³-hybridized carbons (Fsp3) is 0.333. The first kappa shape index (κ1) is 14.6. The van der Waals surface area contributed by atoms with Gasteiger partial charge in [-0.25, -0.2) is 9.59 Å². The Morgan fingerprint density at radius 2 is 1.68 bits per heavy atom. The summed E-state index contributed by atoms with van der Waals surface area (Å²) in [5, 5.41) is 9.67. The molecule has 7 nitrogen and oxygen atoms in total. The molecule has 0 fully saturated rings. The number of methoxy groups -OCH3 is 2. The van der Waals surface area contributed by atoms with Crippen LogP contribution in [-0.4, -0.2) is 38.1 Å². The lowest BCUT2D eigenvalue weighted by Gasteiger charge is -2.10. The molecule has 1 aromatic carbocycles. The summed E-state index contributed by atoms with van der Waals surface area (Å²) in [4.78, 5) is 22.7. The van der Waals surface area contributed by atoms with Crippen molar-refractivity contribution in [2.75, 3.05) is 20.8 Å². The quantitative estimate of drug-likeness (QED) is 0.657. The molecule has 1 aromatic rings. The number of phenols is 1. The van der Waals surface area contributed by atoms with Gasteiger partial charge in [0.05, 0.1) is 26.4 Å². The Morgan fingerprint density at radius 3 is 2.11 bits per heavy atom. The van der Waals surface area contributed by atoms with Gasteiger partial charge < -0.3 is 24.1 Å². The Morgan fingerprint density at radius 1 is 1.16 bits per heavy atom. The molecule has 0 radical (unpaired) electrons. The highest BCUT2D eigenvalue weighted by Crippen LogP contribution is 2.37. The zero-order valence-corrected chi connectivity index (χ0v) is 10.8. The van der Waals surface area contributed by atoms with E-state index in [1.165, 1.54) is 26.4 Å². The van der Waals surface area contributed by atoms with Crippen molar-refractivity contribution < 1.29 is 33.6 Å². The van der Waals surface area contributed by atoms with E-state index in [4.69, 9.17) is 9.47 Å². The number of benzene rings is 1. The maximum absolute atomic E-state index is 11.7. The highest BCUT2D eigenvalue weighted by atomic mass is 16.7. The van der Waals surface area contributed by atoms with Crippen LogP contribution in [0.5, 0.6) is 17.2 Å². The Bertz CT molecular complexity index is 456. The van der Waals surface area contributed by atoms with E-state index in [0.29, 0.717) is 0 Å². The molecule has 19 heavy (non-hydrogen) atoms. The fourth-order valence-corrected chi connectivity index (χ4v) is 1.29. The molecule has 0 unspecified atom stereocenters. The first-order valence-electron chi connectivity index (χ1n) is 5.37. The van der Waals surface area contributed by atoms with Crippen LogP contribution in [0.3, 0.4) is 0 Å². The number of carbonyl (C=O) groups excluding carboxylic acids is 2. The summed E-state index contributed by atoms with van der Waals surface area (Å²) >= 11 is 0. The van der Waals surface area contributed by atoms with Crippen molar-refractivity contribution in [2.45, 2.75) is 6.92 Å². The standard InChI is InChI=1S/C12H14O7/c1-4-18-12(15)19-11(14)7-5-8(16-2)10(13)9(6-7)17-3/h5-6,13H,4H2,1-3H3. The molecular weight excluding hydrogens is 256 g/mol. The minimum atomic E-state index is -1.10. The average Bonchev–Trinajstić information content (AvgIpc) is 2.39. The number of esters is 1. The van der Waals surface area contributed by atoms with Crippen molar-refractivity contribution >= 4 is 12.1 Å². The number of aromatic hydroxyl groups is 1. The zero-order chi connectivity index (χ0) is 14.4. The molecule has 0 aliphatic rings. The second kappa shape index (κ2) is 6.48. The summed E-state index contributed by atoms with van der Waals surface area (Å²) < 4.78 is 18.7. The average molecular weight is 270 g/mol. The lowest BCUT2D eigenvalue weighted by molar-refractivity contribution is 0.0401. The fourth-order valence-electron chi connectivity index (χ4n) is 1.29. The van der Waals surface area contributed by atoms with Crippen molar-refractivity contribution in [1.29, 1.82) is 0 Å². The smallest absolute Gasteiger partial charge is 0.502 e. The molecule has 0 bridgehead atoms.